The summed E-state index contributed by atoms with van der Waals surface area (Å²) in [5, 5.41) is 2.92. The summed E-state index contributed by atoms with van der Waals surface area (Å²) < 4.78 is 4.96. The van der Waals surface area contributed by atoms with Gasteiger partial charge in [-0.1, -0.05) is 0 Å². The SMILES string of the molecule is CCOC(=O)N1CCN(C(=O)c2cccnc2NC)CC1. The van der Waals surface area contributed by atoms with Crippen LogP contribution in [0, 0.1) is 0 Å². The first-order valence-electron chi connectivity index (χ1n) is 7.01. The summed E-state index contributed by atoms with van der Waals surface area (Å²) >= 11 is 0. The van der Waals surface area contributed by atoms with E-state index in [0.717, 1.165) is 0 Å². The first kappa shape index (κ1) is 15.1. The molecule has 7 heteroatoms. The van der Waals surface area contributed by atoms with Crippen molar-refractivity contribution < 1.29 is 14.3 Å². The Morgan fingerprint density at radius 2 is 1.95 bits per heavy atom. The fourth-order valence-electron chi connectivity index (χ4n) is 2.25. The number of pyridine rings is 1. The van der Waals surface area contributed by atoms with Crippen LogP contribution in [0.15, 0.2) is 18.3 Å². The number of piperazine rings is 1. The van der Waals surface area contributed by atoms with E-state index in [2.05, 4.69) is 10.3 Å². The van der Waals surface area contributed by atoms with Crippen molar-refractivity contribution in [1.29, 1.82) is 0 Å². The third-order valence-corrected chi connectivity index (χ3v) is 3.37. The van der Waals surface area contributed by atoms with E-state index in [-0.39, 0.29) is 12.0 Å². The summed E-state index contributed by atoms with van der Waals surface area (Å²) in [6, 6.07) is 3.49. The second-order valence-corrected chi connectivity index (χ2v) is 4.63. The summed E-state index contributed by atoms with van der Waals surface area (Å²) in [5.74, 6) is 0.492. The number of hydrogen-bond acceptors (Lipinski definition) is 5. The number of hydrogen-bond donors (Lipinski definition) is 1. The largest absolute Gasteiger partial charge is 0.450 e. The van der Waals surface area contributed by atoms with Crippen molar-refractivity contribution in [3.05, 3.63) is 23.9 Å². The lowest BCUT2D eigenvalue weighted by Crippen LogP contribution is -2.50. The van der Waals surface area contributed by atoms with E-state index in [1.54, 1.807) is 42.1 Å². The normalized spacial score (nSPS) is 14.8. The van der Waals surface area contributed by atoms with Gasteiger partial charge < -0.3 is 19.9 Å². The molecule has 7 nitrogen and oxygen atoms in total. The van der Waals surface area contributed by atoms with E-state index >= 15 is 0 Å². The van der Waals surface area contributed by atoms with Gasteiger partial charge in [-0.15, -0.1) is 0 Å². The Labute approximate surface area is 123 Å². The zero-order valence-electron chi connectivity index (χ0n) is 12.3. The van der Waals surface area contributed by atoms with Crippen LogP contribution in [0.2, 0.25) is 0 Å². The van der Waals surface area contributed by atoms with E-state index in [9.17, 15) is 9.59 Å². The molecule has 0 saturated carbocycles. The number of amides is 2. The smallest absolute Gasteiger partial charge is 0.409 e. The zero-order valence-corrected chi connectivity index (χ0v) is 12.3. The highest BCUT2D eigenvalue weighted by atomic mass is 16.6. The van der Waals surface area contributed by atoms with Crippen LogP contribution in [-0.4, -0.2) is 66.6 Å². The Morgan fingerprint density at radius 1 is 1.29 bits per heavy atom. The van der Waals surface area contributed by atoms with E-state index in [1.807, 2.05) is 0 Å². The molecule has 1 aromatic heterocycles. The number of aromatic nitrogens is 1. The molecule has 0 bridgehead atoms. The molecule has 1 saturated heterocycles. The van der Waals surface area contributed by atoms with Crippen LogP contribution in [0.1, 0.15) is 17.3 Å². The van der Waals surface area contributed by atoms with Crippen LogP contribution in [0.3, 0.4) is 0 Å². The van der Waals surface area contributed by atoms with Gasteiger partial charge in [-0.3, -0.25) is 4.79 Å². The number of nitrogens with zero attached hydrogens (tertiary/aromatic N) is 3. The van der Waals surface area contributed by atoms with Crippen LogP contribution >= 0.6 is 0 Å². The van der Waals surface area contributed by atoms with Crippen LogP contribution in [0.25, 0.3) is 0 Å². The molecule has 1 aliphatic heterocycles. The minimum absolute atomic E-state index is 0.0732. The molecule has 21 heavy (non-hydrogen) atoms. The molecule has 1 aliphatic rings. The number of carbonyl (C=O) groups excluding carboxylic acids is 2. The molecule has 1 fully saturated rings. The van der Waals surface area contributed by atoms with Crippen molar-refractivity contribution in [2.75, 3.05) is 45.2 Å². The van der Waals surface area contributed by atoms with Gasteiger partial charge in [0.05, 0.1) is 12.2 Å². The second kappa shape index (κ2) is 6.92. The fourth-order valence-corrected chi connectivity index (χ4v) is 2.25. The summed E-state index contributed by atoms with van der Waals surface area (Å²) in [6.07, 6.45) is 1.32. The fraction of sp³-hybridized carbons (Fsp3) is 0.500. The van der Waals surface area contributed by atoms with Gasteiger partial charge in [-0.25, -0.2) is 9.78 Å². The second-order valence-electron chi connectivity index (χ2n) is 4.63. The Bertz CT molecular complexity index is 513. The van der Waals surface area contributed by atoms with E-state index in [1.165, 1.54) is 0 Å². The van der Waals surface area contributed by atoms with Gasteiger partial charge in [-0.05, 0) is 19.1 Å². The summed E-state index contributed by atoms with van der Waals surface area (Å²) in [7, 11) is 1.73. The maximum atomic E-state index is 12.5. The van der Waals surface area contributed by atoms with Crippen molar-refractivity contribution in [1.82, 2.24) is 14.8 Å². The van der Waals surface area contributed by atoms with E-state index in [4.69, 9.17) is 4.74 Å². The maximum absolute atomic E-state index is 12.5. The molecule has 0 radical (unpaired) electrons. The van der Waals surface area contributed by atoms with Gasteiger partial charge in [0.1, 0.15) is 5.82 Å². The van der Waals surface area contributed by atoms with Gasteiger partial charge in [0.15, 0.2) is 0 Å². The maximum Gasteiger partial charge on any atom is 0.409 e. The van der Waals surface area contributed by atoms with Crippen LogP contribution in [0.4, 0.5) is 10.6 Å². The lowest BCUT2D eigenvalue weighted by Gasteiger charge is -2.34. The standard InChI is InChI=1S/C14H20N4O3/c1-3-21-14(20)18-9-7-17(8-10-18)13(19)11-5-4-6-16-12(11)15-2/h4-6H,3,7-10H2,1-2H3,(H,15,16). The predicted octanol–water partition coefficient (Wildman–Crippen LogP) is 1.04. The number of carbonyl (C=O) groups is 2. The average Bonchev–Trinajstić information content (AvgIpc) is 2.54. The third-order valence-electron chi connectivity index (χ3n) is 3.37. The Morgan fingerprint density at radius 3 is 2.57 bits per heavy atom. The summed E-state index contributed by atoms with van der Waals surface area (Å²) in [5.41, 5.74) is 0.546. The lowest BCUT2D eigenvalue weighted by atomic mass is 10.2. The minimum Gasteiger partial charge on any atom is -0.450 e. The third kappa shape index (κ3) is 3.42. The van der Waals surface area contributed by atoms with Gasteiger partial charge >= 0.3 is 6.09 Å². The molecule has 2 amide bonds. The summed E-state index contributed by atoms with van der Waals surface area (Å²) in [6.45, 7) is 4.10. The molecule has 0 aromatic carbocycles. The quantitative estimate of drug-likeness (QED) is 0.901. The zero-order chi connectivity index (χ0) is 15.2. The van der Waals surface area contributed by atoms with E-state index in [0.29, 0.717) is 44.2 Å². The first-order valence-corrected chi connectivity index (χ1v) is 7.01. The lowest BCUT2D eigenvalue weighted by molar-refractivity contribution is 0.0571. The number of anilines is 1. The van der Waals surface area contributed by atoms with Crippen molar-refractivity contribution in [2.45, 2.75) is 6.92 Å². The molecule has 1 N–H and O–H groups in total. The topological polar surface area (TPSA) is 74.8 Å². The Balaban J connectivity index is 1.99. The minimum atomic E-state index is -0.318. The van der Waals surface area contributed by atoms with Crippen molar-refractivity contribution in [3.8, 4) is 0 Å². The van der Waals surface area contributed by atoms with Gasteiger partial charge in [0.25, 0.3) is 5.91 Å². The molecule has 114 valence electrons. The molecule has 0 aliphatic carbocycles. The van der Waals surface area contributed by atoms with Gasteiger partial charge in [0.2, 0.25) is 0 Å². The van der Waals surface area contributed by atoms with E-state index < -0.39 is 0 Å². The molecule has 0 spiro atoms. The van der Waals surface area contributed by atoms with Crippen LogP contribution in [-0.2, 0) is 4.74 Å². The van der Waals surface area contributed by atoms with Crippen molar-refractivity contribution >= 4 is 17.8 Å². The molecule has 0 atom stereocenters. The molecular formula is C14H20N4O3. The first-order chi connectivity index (χ1) is 10.2. The monoisotopic (exact) mass is 292 g/mol. The predicted molar refractivity (Wildman–Crippen MR) is 78.3 cm³/mol. The molecule has 0 unspecified atom stereocenters. The van der Waals surface area contributed by atoms with Gasteiger partial charge in [-0.2, -0.15) is 0 Å². The van der Waals surface area contributed by atoms with Crippen molar-refractivity contribution in [2.24, 2.45) is 0 Å². The highest BCUT2D eigenvalue weighted by molar-refractivity contribution is 5.98. The highest BCUT2D eigenvalue weighted by Crippen LogP contribution is 2.15. The number of nitrogens with one attached hydrogen (secondary N) is 1. The molecule has 2 rings (SSSR count). The Hall–Kier alpha value is -2.31. The van der Waals surface area contributed by atoms with Crippen LogP contribution < -0.4 is 5.32 Å². The van der Waals surface area contributed by atoms with Crippen LogP contribution in [0.5, 0.6) is 0 Å². The number of rotatable bonds is 3. The van der Waals surface area contributed by atoms with Crippen molar-refractivity contribution in [3.63, 3.8) is 0 Å². The molecular weight excluding hydrogens is 272 g/mol. The highest BCUT2D eigenvalue weighted by Gasteiger charge is 2.26. The van der Waals surface area contributed by atoms with Gasteiger partial charge in [0, 0.05) is 39.4 Å². The number of ether oxygens (including phenoxy) is 1. The average molecular weight is 292 g/mol. The Kier molecular flexibility index (Phi) is 4.97. The molecule has 1 aromatic rings. The summed E-state index contributed by atoms with van der Waals surface area (Å²) in [4.78, 5) is 31.6. The molecule has 2 heterocycles.